The molecule has 1 aromatic heterocycles. The lowest BCUT2D eigenvalue weighted by atomic mass is 10.2. The van der Waals surface area contributed by atoms with Crippen molar-refractivity contribution >= 4 is 48.3 Å². The van der Waals surface area contributed by atoms with Crippen molar-refractivity contribution in [2.24, 2.45) is 0 Å². The zero-order valence-electron chi connectivity index (χ0n) is 11.5. The average molecular weight is 405 g/mol. The summed E-state index contributed by atoms with van der Waals surface area (Å²) in [5.74, 6) is -0.472. The number of hydrogen-bond donors (Lipinski definition) is 2. The number of nitrogens with one attached hydrogen (secondary N) is 2. The van der Waals surface area contributed by atoms with Gasteiger partial charge in [-0.1, -0.05) is 34.2 Å². The summed E-state index contributed by atoms with van der Waals surface area (Å²) in [5.41, 5.74) is 1.47. The zero-order chi connectivity index (χ0) is 16.2. The first-order chi connectivity index (χ1) is 10.4. The Hall–Kier alpha value is -1.36. The van der Waals surface area contributed by atoms with Gasteiger partial charge < -0.3 is 0 Å². The molecule has 10 heteroatoms. The molecular formula is C12H13BrN4O3S2. The molecule has 118 valence electrons. The number of halogens is 1. The molecule has 2 aromatic rings. The van der Waals surface area contributed by atoms with Crippen molar-refractivity contribution in [2.45, 2.75) is 24.3 Å². The number of nitrogens with zero attached hydrogens (tertiary/aromatic N) is 2. The molecule has 1 atom stereocenters. The van der Waals surface area contributed by atoms with Crippen LogP contribution in [-0.2, 0) is 14.8 Å². The molecular weight excluding hydrogens is 392 g/mol. The Morgan fingerprint density at radius 2 is 2.05 bits per heavy atom. The van der Waals surface area contributed by atoms with Gasteiger partial charge in [-0.3, -0.25) is 10.1 Å². The molecule has 7 nitrogen and oxygen atoms in total. The molecule has 0 saturated carbocycles. The molecule has 0 spiro atoms. The highest BCUT2D eigenvalue weighted by atomic mass is 79.9. The van der Waals surface area contributed by atoms with E-state index in [1.807, 2.05) is 0 Å². The van der Waals surface area contributed by atoms with Crippen molar-refractivity contribution in [3.05, 3.63) is 34.2 Å². The number of rotatable bonds is 6. The van der Waals surface area contributed by atoms with E-state index in [-0.39, 0.29) is 4.90 Å². The Bertz CT molecular complexity index is 732. The fraction of sp³-hybridized carbons (Fsp3) is 0.250. The Morgan fingerprint density at radius 1 is 1.36 bits per heavy atom. The fourth-order valence-corrected chi connectivity index (χ4v) is 3.60. The molecule has 0 saturated heterocycles. The molecule has 1 amide bonds. The summed E-state index contributed by atoms with van der Waals surface area (Å²) in [6.07, 6.45) is 0.306. The van der Waals surface area contributed by atoms with Gasteiger partial charge in [-0.2, -0.15) is 4.72 Å². The molecule has 2 rings (SSSR count). The Labute approximate surface area is 140 Å². The second kappa shape index (κ2) is 7.27. The quantitative estimate of drug-likeness (QED) is 0.766. The number of amides is 1. The van der Waals surface area contributed by atoms with E-state index >= 15 is 0 Å². The lowest BCUT2D eigenvalue weighted by Crippen LogP contribution is -2.43. The monoisotopic (exact) mass is 404 g/mol. The highest BCUT2D eigenvalue weighted by Crippen LogP contribution is 2.16. The molecule has 1 aromatic carbocycles. The van der Waals surface area contributed by atoms with E-state index < -0.39 is 22.0 Å². The first-order valence-corrected chi connectivity index (χ1v) is 9.43. The number of hydrogen-bond acceptors (Lipinski definition) is 6. The third-order valence-electron chi connectivity index (χ3n) is 2.74. The SMILES string of the molecule is CCC(NS(=O)(=O)c1ccc(Br)cc1)C(=O)Nc1nncs1. The van der Waals surface area contributed by atoms with Gasteiger partial charge in [-0.25, -0.2) is 8.42 Å². The maximum absolute atomic E-state index is 12.3. The number of carbonyl (C=O) groups excluding carboxylic acids is 1. The molecule has 0 aliphatic heterocycles. The summed E-state index contributed by atoms with van der Waals surface area (Å²) in [6, 6.07) is 5.27. The van der Waals surface area contributed by atoms with E-state index in [1.165, 1.54) is 17.6 Å². The molecule has 2 N–H and O–H groups in total. The van der Waals surface area contributed by atoms with E-state index in [1.54, 1.807) is 19.1 Å². The summed E-state index contributed by atoms with van der Waals surface area (Å²) in [4.78, 5) is 12.2. The van der Waals surface area contributed by atoms with Crippen molar-refractivity contribution in [3.63, 3.8) is 0 Å². The highest BCUT2D eigenvalue weighted by Gasteiger charge is 2.24. The van der Waals surface area contributed by atoms with Gasteiger partial charge in [-0.05, 0) is 30.7 Å². The minimum Gasteiger partial charge on any atom is -0.299 e. The number of sulfonamides is 1. The molecule has 0 bridgehead atoms. The minimum absolute atomic E-state index is 0.0952. The Morgan fingerprint density at radius 3 is 2.59 bits per heavy atom. The van der Waals surface area contributed by atoms with E-state index in [0.717, 1.165) is 15.8 Å². The van der Waals surface area contributed by atoms with Crippen LogP contribution in [0, 0.1) is 0 Å². The van der Waals surface area contributed by atoms with Gasteiger partial charge in [0.2, 0.25) is 21.1 Å². The number of benzene rings is 1. The van der Waals surface area contributed by atoms with Crippen LogP contribution in [0.4, 0.5) is 5.13 Å². The van der Waals surface area contributed by atoms with Gasteiger partial charge in [0, 0.05) is 4.47 Å². The van der Waals surface area contributed by atoms with Crippen LogP contribution in [0.2, 0.25) is 0 Å². The van der Waals surface area contributed by atoms with Gasteiger partial charge >= 0.3 is 0 Å². The number of aromatic nitrogens is 2. The molecule has 22 heavy (non-hydrogen) atoms. The molecule has 0 aliphatic rings. The largest absolute Gasteiger partial charge is 0.299 e. The van der Waals surface area contributed by atoms with E-state index in [4.69, 9.17) is 0 Å². The molecule has 1 unspecified atom stereocenters. The van der Waals surface area contributed by atoms with Crippen LogP contribution < -0.4 is 10.0 Å². The second-order valence-corrected chi connectivity index (χ2v) is 7.73. The van der Waals surface area contributed by atoms with Gasteiger partial charge in [0.25, 0.3) is 0 Å². The molecule has 1 heterocycles. The first kappa shape index (κ1) is 17.0. The topological polar surface area (TPSA) is 101 Å². The maximum atomic E-state index is 12.3. The Balaban J connectivity index is 2.11. The normalized spacial score (nSPS) is 12.8. The maximum Gasteiger partial charge on any atom is 0.244 e. The lowest BCUT2D eigenvalue weighted by Gasteiger charge is -2.16. The summed E-state index contributed by atoms with van der Waals surface area (Å²) in [7, 11) is -3.78. The van der Waals surface area contributed by atoms with Crippen molar-refractivity contribution in [1.82, 2.24) is 14.9 Å². The van der Waals surface area contributed by atoms with Crippen molar-refractivity contribution < 1.29 is 13.2 Å². The van der Waals surface area contributed by atoms with Crippen molar-refractivity contribution in [3.8, 4) is 0 Å². The minimum atomic E-state index is -3.78. The van der Waals surface area contributed by atoms with Crippen LogP contribution >= 0.6 is 27.3 Å². The molecule has 0 radical (unpaired) electrons. The average Bonchev–Trinajstić information content (AvgIpc) is 2.98. The van der Waals surface area contributed by atoms with E-state index in [9.17, 15) is 13.2 Å². The predicted octanol–water partition coefficient (Wildman–Crippen LogP) is 2.00. The summed E-state index contributed by atoms with van der Waals surface area (Å²) in [6.45, 7) is 1.72. The van der Waals surface area contributed by atoms with Crippen LogP contribution in [-0.4, -0.2) is 30.6 Å². The highest BCUT2D eigenvalue weighted by molar-refractivity contribution is 9.10. The summed E-state index contributed by atoms with van der Waals surface area (Å²) < 4.78 is 27.7. The third kappa shape index (κ3) is 4.32. The van der Waals surface area contributed by atoms with Crippen LogP contribution in [0.25, 0.3) is 0 Å². The van der Waals surface area contributed by atoms with Gasteiger partial charge in [-0.15, -0.1) is 10.2 Å². The zero-order valence-corrected chi connectivity index (χ0v) is 14.7. The summed E-state index contributed by atoms with van der Waals surface area (Å²) >= 11 is 4.40. The molecule has 0 fully saturated rings. The number of carbonyl (C=O) groups is 1. The standard InChI is InChI=1S/C12H13BrN4O3S2/c1-2-10(11(18)15-12-16-14-7-21-12)17-22(19,20)9-5-3-8(13)4-6-9/h3-7,10,17H,2H2,1H3,(H,15,16,18). The first-order valence-electron chi connectivity index (χ1n) is 6.27. The Kier molecular flexibility index (Phi) is 5.62. The molecule has 0 aliphatic carbocycles. The van der Waals surface area contributed by atoms with Gasteiger partial charge in [0.15, 0.2) is 0 Å². The van der Waals surface area contributed by atoms with Gasteiger partial charge in [0.05, 0.1) is 4.90 Å². The van der Waals surface area contributed by atoms with E-state index in [2.05, 4.69) is 36.2 Å². The van der Waals surface area contributed by atoms with Crippen LogP contribution in [0.1, 0.15) is 13.3 Å². The number of anilines is 1. The van der Waals surface area contributed by atoms with Crippen molar-refractivity contribution in [2.75, 3.05) is 5.32 Å². The van der Waals surface area contributed by atoms with E-state index in [0.29, 0.717) is 11.6 Å². The predicted molar refractivity (Wildman–Crippen MR) is 87.1 cm³/mol. The fourth-order valence-electron chi connectivity index (χ4n) is 1.61. The summed E-state index contributed by atoms with van der Waals surface area (Å²) in [5, 5.41) is 10.1. The van der Waals surface area contributed by atoms with Crippen LogP contribution in [0.15, 0.2) is 39.1 Å². The van der Waals surface area contributed by atoms with Gasteiger partial charge in [0.1, 0.15) is 11.6 Å². The smallest absolute Gasteiger partial charge is 0.244 e. The second-order valence-electron chi connectivity index (χ2n) is 4.27. The lowest BCUT2D eigenvalue weighted by molar-refractivity contribution is -0.117. The van der Waals surface area contributed by atoms with Crippen molar-refractivity contribution in [1.29, 1.82) is 0 Å². The van der Waals surface area contributed by atoms with Crippen LogP contribution in [0.3, 0.4) is 0 Å². The third-order valence-corrected chi connectivity index (χ3v) is 5.36. The van der Waals surface area contributed by atoms with Crippen LogP contribution in [0.5, 0.6) is 0 Å².